The van der Waals surface area contributed by atoms with E-state index in [9.17, 15) is 19.2 Å². The standard InChI is InChI=1S/C42H53N7O7S.4H2S/c1-7-48-34-15-14-26-19-29(34)30(37(48)28-12-8-16-43-36(28)25(2)54-5)21-42(3,4)24-56-40(52)31-13-10-18-49(46-31)39(51)32(20-35-44-33(26)23-57-35)45-38(50)27-11-9-17-47(22-27)41(53)55-6;;;;/h8,12,14-16,19,23,25,27,31-32,46H,7,9-11,13,17-18,20-22,24H2,1-6H3,(H,45,50);4*1H2/t25-,27-,31-,32-;;;;/m0..../s1. The van der Waals surface area contributed by atoms with Crippen LogP contribution in [0, 0.1) is 11.3 Å². The van der Waals surface area contributed by atoms with Crippen molar-refractivity contribution in [2.75, 3.05) is 40.5 Å². The van der Waals surface area contributed by atoms with E-state index in [-0.39, 0.29) is 91.5 Å². The summed E-state index contributed by atoms with van der Waals surface area (Å²) in [7, 11) is 3.01. The van der Waals surface area contributed by atoms with Crippen LogP contribution in [0.1, 0.15) is 75.7 Å². The molecule has 6 bridgehead atoms. The summed E-state index contributed by atoms with van der Waals surface area (Å²) in [6, 6.07) is 8.74. The molecule has 0 saturated carbocycles. The number of nitrogens with one attached hydrogen (secondary N) is 2. The summed E-state index contributed by atoms with van der Waals surface area (Å²) in [6.07, 6.45) is 4.11. The SMILES string of the molecule is CCn1c(-c2cccnc2[C@H](C)OC)c2c3cc(ccc31)-c1csc(n1)C[C@H](NC(=O)[C@H]1CCCN(C(=O)OC)C1)C(=O)N1CCC[C@H](N1)C(=O)OCC(C)(C)C2.S.S.S.S. The van der Waals surface area contributed by atoms with Gasteiger partial charge in [-0.15, -0.1) is 11.3 Å². The van der Waals surface area contributed by atoms with E-state index in [0.717, 1.165) is 44.7 Å². The Morgan fingerprint density at radius 2 is 1.84 bits per heavy atom. The number of aromatic nitrogens is 3. The van der Waals surface area contributed by atoms with Crippen molar-refractivity contribution in [3.05, 3.63) is 58.2 Å². The number of esters is 1. The molecule has 2 N–H and O–H groups in total. The highest BCUT2D eigenvalue weighted by atomic mass is 32.1. The second-order valence-electron chi connectivity index (χ2n) is 16.0. The van der Waals surface area contributed by atoms with Gasteiger partial charge in [-0.1, -0.05) is 19.9 Å². The first-order valence-electron chi connectivity index (χ1n) is 19.9. The summed E-state index contributed by atoms with van der Waals surface area (Å²) in [5, 5.41) is 8.19. The van der Waals surface area contributed by atoms with E-state index < -0.39 is 35.5 Å². The van der Waals surface area contributed by atoms with Gasteiger partial charge in [0.25, 0.3) is 5.91 Å². The van der Waals surface area contributed by atoms with E-state index in [0.29, 0.717) is 56.7 Å². The molecule has 0 spiro atoms. The summed E-state index contributed by atoms with van der Waals surface area (Å²) in [5.74, 6) is -1.62. The molecular weight excluding hydrogens is 875 g/mol. The normalized spacial score (nSPS) is 20.7. The third-order valence-electron chi connectivity index (χ3n) is 11.4. The quantitative estimate of drug-likeness (QED) is 0.216. The van der Waals surface area contributed by atoms with E-state index in [1.54, 1.807) is 13.3 Å². The molecule has 2 saturated heterocycles. The van der Waals surface area contributed by atoms with Crippen LogP contribution in [0.15, 0.2) is 41.9 Å². The van der Waals surface area contributed by atoms with E-state index in [1.165, 1.54) is 28.4 Å². The number of benzene rings is 1. The molecule has 0 radical (unpaired) electrons. The van der Waals surface area contributed by atoms with Crippen LogP contribution in [-0.4, -0.2) is 101 Å². The number of nitrogens with zero attached hydrogens (tertiary/aromatic N) is 5. The van der Waals surface area contributed by atoms with Gasteiger partial charge >= 0.3 is 12.1 Å². The van der Waals surface area contributed by atoms with Gasteiger partial charge in [-0.05, 0) is 75.8 Å². The molecule has 336 valence electrons. The maximum absolute atomic E-state index is 14.3. The van der Waals surface area contributed by atoms with Crippen molar-refractivity contribution in [3.63, 3.8) is 0 Å². The van der Waals surface area contributed by atoms with Gasteiger partial charge in [-0.2, -0.15) is 54.0 Å². The zero-order chi connectivity index (χ0) is 40.4. The molecule has 3 aliphatic heterocycles. The molecule has 19 heteroatoms. The maximum Gasteiger partial charge on any atom is 0.409 e. The number of hydrazine groups is 1. The molecule has 7 rings (SSSR count). The van der Waals surface area contributed by atoms with Crippen molar-refractivity contribution in [1.82, 2.24) is 35.2 Å². The van der Waals surface area contributed by atoms with Crippen LogP contribution in [0.3, 0.4) is 0 Å². The lowest BCUT2D eigenvalue weighted by Gasteiger charge is -2.36. The average Bonchev–Trinajstić information content (AvgIpc) is 3.82. The van der Waals surface area contributed by atoms with Crippen molar-refractivity contribution < 1.29 is 33.4 Å². The van der Waals surface area contributed by atoms with Gasteiger partial charge in [0.1, 0.15) is 12.1 Å². The van der Waals surface area contributed by atoms with Crippen LogP contribution in [0.5, 0.6) is 0 Å². The lowest BCUT2D eigenvalue weighted by molar-refractivity contribution is -0.155. The van der Waals surface area contributed by atoms with Crippen molar-refractivity contribution in [3.8, 4) is 22.5 Å². The first-order valence-corrected chi connectivity index (χ1v) is 20.7. The Balaban J connectivity index is 0.00000248. The van der Waals surface area contributed by atoms with Gasteiger partial charge in [0.2, 0.25) is 5.91 Å². The van der Waals surface area contributed by atoms with E-state index in [4.69, 9.17) is 24.2 Å². The Kier molecular flexibility index (Phi) is 18.9. The van der Waals surface area contributed by atoms with Crippen LogP contribution < -0.4 is 10.7 Å². The summed E-state index contributed by atoms with van der Waals surface area (Å²) < 4.78 is 19.1. The smallest absolute Gasteiger partial charge is 0.409 e. The fourth-order valence-electron chi connectivity index (χ4n) is 8.34. The molecule has 6 heterocycles. The van der Waals surface area contributed by atoms with Crippen molar-refractivity contribution in [2.45, 2.75) is 91.0 Å². The third-order valence-corrected chi connectivity index (χ3v) is 12.3. The molecule has 2 fully saturated rings. The zero-order valence-corrected chi connectivity index (χ0v) is 40.4. The van der Waals surface area contributed by atoms with Gasteiger partial charge in [-0.3, -0.25) is 24.4 Å². The molecule has 0 aliphatic carbocycles. The Bertz CT molecular complexity index is 2160. The Morgan fingerprint density at radius 3 is 2.56 bits per heavy atom. The number of ether oxygens (including phenoxy) is 3. The van der Waals surface area contributed by atoms with E-state index >= 15 is 0 Å². The number of pyridine rings is 1. The van der Waals surface area contributed by atoms with E-state index in [2.05, 4.69) is 60.3 Å². The van der Waals surface area contributed by atoms with E-state index in [1.807, 2.05) is 18.4 Å². The van der Waals surface area contributed by atoms with Crippen molar-refractivity contribution in [1.29, 1.82) is 0 Å². The lowest BCUT2D eigenvalue weighted by atomic mass is 9.84. The molecule has 3 aliphatic rings. The minimum absolute atomic E-state index is 0. The second-order valence-corrected chi connectivity index (χ2v) is 17.0. The first-order chi connectivity index (χ1) is 27.4. The molecule has 3 aromatic heterocycles. The van der Waals surface area contributed by atoms with Crippen LogP contribution in [0.2, 0.25) is 0 Å². The Hall–Kier alpha value is -3.46. The lowest BCUT2D eigenvalue weighted by Crippen LogP contribution is -2.61. The fourth-order valence-corrected chi connectivity index (χ4v) is 9.19. The number of amides is 3. The number of rotatable bonds is 6. The van der Waals surface area contributed by atoms with Crippen LogP contribution in [0.4, 0.5) is 4.79 Å². The van der Waals surface area contributed by atoms with Gasteiger partial charge in [-0.25, -0.2) is 15.2 Å². The minimum atomic E-state index is -0.969. The number of likely N-dealkylation sites (tertiary alicyclic amines) is 1. The number of cyclic esters (lactones) is 1. The van der Waals surface area contributed by atoms with Crippen molar-refractivity contribution in [2.24, 2.45) is 11.3 Å². The highest BCUT2D eigenvalue weighted by Crippen LogP contribution is 2.42. The molecule has 61 heavy (non-hydrogen) atoms. The average molecular weight is 936 g/mol. The van der Waals surface area contributed by atoms with Gasteiger partial charge in [0.05, 0.1) is 47.8 Å². The summed E-state index contributed by atoms with van der Waals surface area (Å²) >= 11 is 1.43. The number of carbonyl (C=O) groups is 4. The molecule has 14 nitrogen and oxygen atoms in total. The molecule has 0 unspecified atom stereocenters. The predicted octanol–water partition coefficient (Wildman–Crippen LogP) is 6.13. The molecule has 1 aromatic carbocycles. The number of fused-ring (bicyclic) bond motifs is 6. The van der Waals surface area contributed by atoms with Crippen LogP contribution in [-0.2, 0) is 48.0 Å². The Morgan fingerprint density at radius 1 is 1.08 bits per heavy atom. The van der Waals surface area contributed by atoms with Crippen molar-refractivity contribution >= 4 is 100 Å². The second kappa shape index (κ2) is 22.2. The minimum Gasteiger partial charge on any atom is -0.464 e. The summed E-state index contributed by atoms with van der Waals surface area (Å²) in [6.45, 7) is 10.3. The number of methoxy groups -OCH3 is 2. The highest BCUT2D eigenvalue weighted by Gasteiger charge is 2.37. The zero-order valence-electron chi connectivity index (χ0n) is 35.6. The Labute approximate surface area is 390 Å². The molecule has 3 amide bonds. The number of carbonyl (C=O) groups excluding carboxylic acids is 4. The van der Waals surface area contributed by atoms with Crippen LogP contribution >= 0.6 is 65.3 Å². The third kappa shape index (κ3) is 11.2. The monoisotopic (exact) mass is 935 g/mol. The van der Waals surface area contributed by atoms with Crippen LogP contribution in [0.25, 0.3) is 33.4 Å². The number of piperidine rings is 1. The first kappa shape index (κ1) is 51.9. The summed E-state index contributed by atoms with van der Waals surface area (Å²) in [5.41, 5.74) is 9.41. The molecule has 4 aromatic rings. The number of aryl methyl sites for hydroxylation is 1. The summed E-state index contributed by atoms with van der Waals surface area (Å²) in [4.78, 5) is 65.4. The molecular formula is C42H61N7O7S5. The maximum atomic E-state index is 14.3. The fraction of sp³-hybridized carbons (Fsp3) is 0.524. The van der Waals surface area contributed by atoms with Gasteiger partial charge in [0, 0.05) is 78.7 Å². The van der Waals surface area contributed by atoms with Gasteiger partial charge < -0.3 is 29.0 Å². The topological polar surface area (TPSA) is 157 Å². The predicted molar refractivity (Wildman–Crippen MR) is 258 cm³/mol. The van der Waals surface area contributed by atoms with Gasteiger partial charge in [0.15, 0.2) is 0 Å². The number of hydrogen-bond donors (Lipinski definition) is 2. The largest absolute Gasteiger partial charge is 0.464 e. The number of thiazole rings is 1. The molecule has 4 atom stereocenters. The highest BCUT2D eigenvalue weighted by molar-refractivity contribution is 7.59. The number of hydrogen-bond acceptors (Lipinski definition) is 11.